The quantitative estimate of drug-likeness (QED) is 0.720. The van der Waals surface area contributed by atoms with Crippen molar-refractivity contribution < 1.29 is 9.90 Å². The fourth-order valence-electron chi connectivity index (χ4n) is 3.17. The Morgan fingerprint density at radius 3 is 2.53 bits per heavy atom. The first-order chi connectivity index (χ1) is 8.11. The molecule has 1 fully saturated rings. The van der Waals surface area contributed by atoms with Crippen LogP contribution in [0.25, 0.3) is 0 Å². The average molecular weight is 241 g/mol. The number of hydrogen-bond donors (Lipinski definition) is 2. The van der Waals surface area contributed by atoms with E-state index in [9.17, 15) is 4.79 Å². The van der Waals surface area contributed by atoms with Crippen molar-refractivity contribution in [3.05, 3.63) is 0 Å². The number of aliphatic carboxylic acids is 1. The molecule has 0 aliphatic heterocycles. The number of rotatable bonds is 7. The molecule has 0 saturated heterocycles. The summed E-state index contributed by atoms with van der Waals surface area (Å²) in [5, 5.41) is 8.79. The second kappa shape index (κ2) is 7.70. The van der Waals surface area contributed by atoms with Crippen LogP contribution in [0.15, 0.2) is 0 Å². The van der Waals surface area contributed by atoms with Gasteiger partial charge < -0.3 is 10.8 Å². The Balaban J connectivity index is 2.25. The van der Waals surface area contributed by atoms with Crippen molar-refractivity contribution in [3.8, 4) is 0 Å². The van der Waals surface area contributed by atoms with Crippen molar-refractivity contribution in [1.82, 2.24) is 0 Å². The number of carboxylic acids is 1. The lowest BCUT2D eigenvalue weighted by molar-refractivity contribution is -0.138. The topological polar surface area (TPSA) is 63.3 Å². The van der Waals surface area contributed by atoms with Gasteiger partial charge in [0.15, 0.2) is 0 Å². The molecule has 2 unspecified atom stereocenters. The van der Waals surface area contributed by atoms with Crippen LogP contribution in [-0.4, -0.2) is 17.6 Å². The van der Waals surface area contributed by atoms with Crippen molar-refractivity contribution in [2.75, 3.05) is 6.54 Å². The van der Waals surface area contributed by atoms with Gasteiger partial charge in [0.25, 0.3) is 0 Å². The summed E-state index contributed by atoms with van der Waals surface area (Å²) in [7, 11) is 0. The zero-order valence-electron chi connectivity index (χ0n) is 11.0. The molecular weight excluding hydrogens is 214 g/mol. The molecule has 3 nitrogen and oxygen atoms in total. The van der Waals surface area contributed by atoms with E-state index in [1.807, 2.05) is 0 Å². The lowest BCUT2D eigenvalue weighted by Gasteiger charge is -2.26. The Morgan fingerprint density at radius 2 is 2.00 bits per heavy atom. The zero-order valence-corrected chi connectivity index (χ0v) is 11.0. The number of carboxylic acid groups (broad SMARTS) is 1. The summed E-state index contributed by atoms with van der Waals surface area (Å²) in [5.74, 6) is 0.935. The fraction of sp³-hybridized carbons (Fsp3) is 0.929. The minimum atomic E-state index is -0.717. The molecular formula is C14H27NO2. The van der Waals surface area contributed by atoms with Crippen LogP contribution in [0.3, 0.4) is 0 Å². The molecule has 0 heterocycles. The maximum Gasteiger partial charge on any atom is 0.303 e. The molecule has 1 rings (SSSR count). The first-order valence-corrected chi connectivity index (χ1v) is 7.03. The van der Waals surface area contributed by atoms with Gasteiger partial charge in [-0.15, -0.1) is 0 Å². The summed E-state index contributed by atoms with van der Waals surface area (Å²) in [4.78, 5) is 10.7. The van der Waals surface area contributed by atoms with Crippen LogP contribution in [-0.2, 0) is 4.79 Å². The van der Waals surface area contributed by atoms with Gasteiger partial charge >= 0.3 is 5.97 Å². The highest BCUT2D eigenvalue weighted by Crippen LogP contribution is 2.31. The summed E-state index contributed by atoms with van der Waals surface area (Å²) in [5.41, 5.74) is 5.64. The molecule has 3 heteroatoms. The van der Waals surface area contributed by atoms with Crippen molar-refractivity contribution >= 4 is 5.97 Å². The highest BCUT2D eigenvalue weighted by molar-refractivity contribution is 5.67. The van der Waals surface area contributed by atoms with E-state index >= 15 is 0 Å². The van der Waals surface area contributed by atoms with Gasteiger partial charge in [0.1, 0.15) is 0 Å². The molecule has 0 bridgehead atoms. The number of nitrogens with two attached hydrogens (primary N) is 1. The molecule has 2 atom stereocenters. The summed E-state index contributed by atoms with van der Waals surface area (Å²) in [6, 6.07) is 0. The standard InChI is InChI=1S/C14H27NO2/c1-11(7-12-5-3-2-4-6-12)8-13(10-15)9-14(16)17/h11-13H,2-10,15H2,1H3,(H,16,17). The number of carbonyl (C=O) groups is 1. The molecule has 0 aromatic heterocycles. The Hall–Kier alpha value is -0.570. The average Bonchev–Trinajstić information content (AvgIpc) is 2.28. The summed E-state index contributed by atoms with van der Waals surface area (Å²) < 4.78 is 0. The van der Waals surface area contributed by atoms with Gasteiger partial charge in [-0.1, -0.05) is 39.0 Å². The smallest absolute Gasteiger partial charge is 0.303 e. The highest BCUT2D eigenvalue weighted by atomic mass is 16.4. The normalized spacial score (nSPS) is 21.1. The molecule has 0 aromatic rings. The zero-order chi connectivity index (χ0) is 12.7. The molecule has 100 valence electrons. The molecule has 17 heavy (non-hydrogen) atoms. The van der Waals surface area contributed by atoms with Crippen LogP contribution >= 0.6 is 0 Å². The van der Waals surface area contributed by atoms with E-state index in [1.165, 1.54) is 38.5 Å². The van der Waals surface area contributed by atoms with E-state index in [0.29, 0.717) is 12.5 Å². The highest BCUT2D eigenvalue weighted by Gasteiger charge is 2.20. The van der Waals surface area contributed by atoms with Crippen LogP contribution < -0.4 is 5.73 Å². The minimum Gasteiger partial charge on any atom is -0.481 e. The molecule has 0 amide bonds. The summed E-state index contributed by atoms with van der Waals surface area (Å²) in [6.07, 6.45) is 9.36. The van der Waals surface area contributed by atoms with Crippen LogP contribution in [0.5, 0.6) is 0 Å². The molecule has 1 aliphatic carbocycles. The van der Waals surface area contributed by atoms with Crippen LogP contribution in [0.1, 0.15) is 58.3 Å². The third kappa shape index (κ3) is 6.06. The molecule has 1 aliphatic rings. The van der Waals surface area contributed by atoms with E-state index in [0.717, 1.165) is 12.3 Å². The monoisotopic (exact) mass is 241 g/mol. The first-order valence-electron chi connectivity index (χ1n) is 7.03. The third-order valence-electron chi connectivity index (χ3n) is 3.99. The predicted octanol–water partition coefficient (Wildman–Crippen LogP) is 3.03. The minimum absolute atomic E-state index is 0.158. The van der Waals surface area contributed by atoms with Crippen molar-refractivity contribution in [1.29, 1.82) is 0 Å². The molecule has 0 aromatic carbocycles. The third-order valence-corrected chi connectivity index (χ3v) is 3.99. The maximum atomic E-state index is 10.7. The van der Waals surface area contributed by atoms with Crippen LogP contribution in [0.4, 0.5) is 0 Å². The SMILES string of the molecule is CC(CC1CCCCC1)CC(CN)CC(=O)O. The largest absolute Gasteiger partial charge is 0.481 e. The maximum absolute atomic E-state index is 10.7. The van der Waals surface area contributed by atoms with Gasteiger partial charge in [-0.3, -0.25) is 4.79 Å². The van der Waals surface area contributed by atoms with E-state index in [1.54, 1.807) is 0 Å². The Morgan fingerprint density at radius 1 is 1.35 bits per heavy atom. The Labute approximate surface area is 105 Å². The molecule has 1 saturated carbocycles. The van der Waals surface area contributed by atoms with Gasteiger partial charge in [0.05, 0.1) is 0 Å². The van der Waals surface area contributed by atoms with Crippen molar-refractivity contribution in [2.45, 2.75) is 58.3 Å². The predicted molar refractivity (Wildman–Crippen MR) is 69.8 cm³/mol. The summed E-state index contributed by atoms with van der Waals surface area (Å²) in [6.45, 7) is 2.75. The molecule has 0 spiro atoms. The van der Waals surface area contributed by atoms with Crippen LogP contribution in [0, 0.1) is 17.8 Å². The van der Waals surface area contributed by atoms with Gasteiger partial charge in [-0.05, 0) is 37.1 Å². The molecule has 0 radical (unpaired) electrons. The van der Waals surface area contributed by atoms with Crippen LogP contribution in [0.2, 0.25) is 0 Å². The van der Waals surface area contributed by atoms with E-state index in [4.69, 9.17) is 10.8 Å². The van der Waals surface area contributed by atoms with E-state index in [2.05, 4.69) is 6.92 Å². The number of hydrogen-bond acceptors (Lipinski definition) is 2. The summed E-state index contributed by atoms with van der Waals surface area (Å²) >= 11 is 0. The van der Waals surface area contributed by atoms with Crippen molar-refractivity contribution in [3.63, 3.8) is 0 Å². The first kappa shape index (κ1) is 14.5. The van der Waals surface area contributed by atoms with Gasteiger partial charge in [0, 0.05) is 6.42 Å². The molecule has 3 N–H and O–H groups in total. The lowest BCUT2D eigenvalue weighted by atomic mass is 9.80. The Kier molecular flexibility index (Phi) is 6.56. The van der Waals surface area contributed by atoms with Gasteiger partial charge in [-0.2, -0.15) is 0 Å². The second-order valence-electron chi connectivity index (χ2n) is 5.78. The van der Waals surface area contributed by atoms with E-state index < -0.39 is 5.97 Å². The van der Waals surface area contributed by atoms with Gasteiger partial charge in [-0.25, -0.2) is 0 Å². The van der Waals surface area contributed by atoms with Gasteiger partial charge in [0.2, 0.25) is 0 Å². The second-order valence-corrected chi connectivity index (χ2v) is 5.78. The lowest BCUT2D eigenvalue weighted by Crippen LogP contribution is -2.21. The van der Waals surface area contributed by atoms with E-state index in [-0.39, 0.29) is 12.3 Å². The van der Waals surface area contributed by atoms with Crippen molar-refractivity contribution in [2.24, 2.45) is 23.5 Å². The fourth-order valence-corrected chi connectivity index (χ4v) is 3.17. The Bertz CT molecular complexity index is 224.